The number of hydrogen-bond acceptors (Lipinski definition) is 5. The lowest BCUT2D eigenvalue weighted by atomic mass is 10.0. The van der Waals surface area contributed by atoms with E-state index in [2.05, 4.69) is 5.32 Å². The van der Waals surface area contributed by atoms with Gasteiger partial charge in [-0.15, -0.1) is 11.3 Å². The minimum atomic E-state index is -3.60. The second kappa shape index (κ2) is 9.11. The molecule has 0 radical (unpaired) electrons. The first-order chi connectivity index (χ1) is 15.0. The summed E-state index contributed by atoms with van der Waals surface area (Å²) in [7, 11) is -1.98. The zero-order valence-corrected chi connectivity index (χ0v) is 18.8. The van der Waals surface area contributed by atoms with Crippen molar-refractivity contribution in [2.45, 2.75) is 29.9 Å². The number of ether oxygens (including phenoxy) is 1. The molecule has 6 nitrogen and oxygen atoms in total. The molecule has 1 aliphatic heterocycles. The molecule has 0 atom stereocenters. The van der Waals surface area contributed by atoms with Crippen molar-refractivity contribution in [1.82, 2.24) is 0 Å². The summed E-state index contributed by atoms with van der Waals surface area (Å²) >= 11 is 1.21. The number of carbonyl (C=O) groups excluding carboxylic acids is 1. The number of sulfonamides is 1. The van der Waals surface area contributed by atoms with Crippen molar-refractivity contribution in [2.75, 3.05) is 23.3 Å². The summed E-state index contributed by atoms with van der Waals surface area (Å²) in [6, 6.07) is 16.5. The summed E-state index contributed by atoms with van der Waals surface area (Å²) in [5, 5.41) is 4.67. The third-order valence-electron chi connectivity index (χ3n) is 5.28. The van der Waals surface area contributed by atoms with Crippen LogP contribution in [0.2, 0.25) is 0 Å². The van der Waals surface area contributed by atoms with Gasteiger partial charge in [0.15, 0.2) is 0 Å². The molecule has 3 aromatic rings. The Morgan fingerprint density at radius 3 is 2.68 bits per heavy atom. The van der Waals surface area contributed by atoms with Gasteiger partial charge in [0.2, 0.25) is 5.91 Å². The van der Waals surface area contributed by atoms with E-state index in [4.69, 9.17) is 4.74 Å². The lowest BCUT2D eigenvalue weighted by molar-refractivity contribution is -0.116. The van der Waals surface area contributed by atoms with Crippen LogP contribution in [0.3, 0.4) is 0 Å². The Morgan fingerprint density at radius 2 is 1.97 bits per heavy atom. The van der Waals surface area contributed by atoms with Crippen LogP contribution >= 0.6 is 11.3 Å². The molecule has 0 aliphatic carbocycles. The summed E-state index contributed by atoms with van der Waals surface area (Å²) in [5.74, 6) is 0.670. The molecule has 1 aromatic heterocycles. The monoisotopic (exact) mass is 456 g/mol. The fourth-order valence-corrected chi connectivity index (χ4v) is 6.30. The maximum atomic E-state index is 13.1. The molecule has 0 fully saturated rings. The van der Waals surface area contributed by atoms with Gasteiger partial charge in [-0.25, -0.2) is 8.42 Å². The molecule has 4 rings (SSSR count). The van der Waals surface area contributed by atoms with Gasteiger partial charge in [0.05, 0.1) is 12.8 Å². The Bertz CT molecular complexity index is 1160. The van der Waals surface area contributed by atoms with Gasteiger partial charge in [-0.05, 0) is 66.1 Å². The highest BCUT2D eigenvalue weighted by Gasteiger charge is 2.30. The number of amides is 1. The van der Waals surface area contributed by atoms with Gasteiger partial charge >= 0.3 is 0 Å². The summed E-state index contributed by atoms with van der Waals surface area (Å²) in [6.07, 6.45) is 2.53. The smallest absolute Gasteiger partial charge is 0.273 e. The number of aryl methyl sites for hydroxylation is 2. The molecule has 0 bridgehead atoms. The number of thiophene rings is 1. The lowest BCUT2D eigenvalue weighted by Gasteiger charge is -2.30. The van der Waals surface area contributed by atoms with Crippen LogP contribution in [-0.4, -0.2) is 28.0 Å². The molecule has 162 valence electrons. The van der Waals surface area contributed by atoms with Crippen molar-refractivity contribution in [2.24, 2.45) is 0 Å². The summed E-state index contributed by atoms with van der Waals surface area (Å²) in [6.45, 7) is 0.433. The normalized spacial score (nSPS) is 13.5. The van der Waals surface area contributed by atoms with Crippen LogP contribution in [0.4, 0.5) is 11.4 Å². The number of benzene rings is 2. The topological polar surface area (TPSA) is 75.7 Å². The third-order valence-corrected chi connectivity index (χ3v) is 8.47. The first-order valence-corrected chi connectivity index (χ1v) is 12.4. The van der Waals surface area contributed by atoms with Gasteiger partial charge in [0, 0.05) is 18.7 Å². The second-order valence-electron chi connectivity index (χ2n) is 7.35. The number of nitrogens with zero attached hydrogens (tertiary/aromatic N) is 1. The highest BCUT2D eigenvalue weighted by molar-refractivity contribution is 7.94. The average molecular weight is 457 g/mol. The molecular weight excluding hydrogens is 432 g/mol. The highest BCUT2D eigenvalue weighted by Crippen LogP contribution is 2.35. The molecule has 0 saturated heterocycles. The zero-order chi connectivity index (χ0) is 21.8. The summed E-state index contributed by atoms with van der Waals surface area (Å²) in [5.41, 5.74) is 3.27. The van der Waals surface area contributed by atoms with Gasteiger partial charge in [-0.3, -0.25) is 9.10 Å². The van der Waals surface area contributed by atoms with Crippen LogP contribution in [0.5, 0.6) is 5.75 Å². The van der Waals surface area contributed by atoms with Gasteiger partial charge in [0.25, 0.3) is 10.0 Å². The number of methoxy groups -OCH3 is 1. The lowest BCUT2D eigenvalue weighted by Crippen LogP contribution is -2.35. The zero-order valence-electron chi connectivity index (χ0n) is 17.2. The molecule has 8 heteroatoms. The number of rotatable bonds is 7. The molecule has 0 unspecified atom stereocenters. The molecule has 0 spiro atoms. The minimum absolute atomic E-state index is 0.112. The van der Waals surface area contributed by atoms with Crippen molar-refractivity contribution in [1.29, 1.82) is 0 Å². The first-order valence-electron chi connectivity index (χ1n) is 10.1. The van der Waals surface area contributed by atoms with E-state index >= 15 is 0 Å². The van der Waals surface area contributed by atoms with E-state index in [9.17, 15) is 13.2 Å². The molecular formula is C23H24N2O4S2. The van der Waals surface area contributed by atoms with Crippen LogP contribution in [0.25, 0.3) is 0 Å². The quantitative estimate of drug-likeness (QED) is 0.569. The van der Waals surface area contributed by atoms with Crippen LogP contribution in [0, 0.1) is 0 Å². The Kier molecular flexibility index (Phi) is 6.29. The molecule has 31 heavy (non-hydrogen) atoms. The summed E-state index contributed by atoms with van der Waals surface area (Å²) < 4.78 is 33.1. The maximum Gasteiger partial charge on any atom is 0.273 e. The van der Waals surface area contributed by atoms with Crippen LogP contribution in [0.15, 0.2) is 64.2 Å². The van der Waals surface area contributed by atoms with Crippen molar-refractivity contribution in [3.8, 4) is 5.75 Å². The SMILES string of the molecule is COc1ccc(CCC(=O)Nc2ccc3c(c2)N(S(=O)(=O)c2cccs2)CCC3)cc1. The highest BCUT2D eigenvalue weighted by atomic mass is 32.2. The molecule has 1 amide bonds. The maximum absolute atomic E-state index is 13.1. The number of carbonyl (C=O) groups is 1. The second-order valence-corrected chi connectivity index (χ2v) is 10.4. The van der Waals surface area contributed by atoms with E-state index < -0.39 is 10.0 Å². The van der Waals surface area contributed by atoms with Gasteiger partial charge in [-0.2, -0.15) is 0 Å². The standard InChI is InChI=1S/C23H24N2O4S2/c1-29-20-11-6-17(7-12-20)8-13-22(26)24-19-10-9-18-4-2-14-25(21(18)16-19)31(27,28)23-5-3-15-30-23/h3,5-7,9-12,15-16H,2,4,8,13-14H2,1H3,(H,24,26). The van der Waals surface area contributed by atoms with Crippen LogP contribution < -0.4 is 14.4 Å². The Morgan fingerprint density at radius 1 is 1.16 bits per heavy atom. The predicted molar refractivity (Wildman–Crippen MR) is 124 cm³/mol. The molecule has 2 heterocycles. The van der Waals surface area contributed by atoms with Crippen molar-refractivity contribution in [3.63, 3.8) is 0 Å². The van der Waals surface area contributed by atoms with E-state index in [1.807, 2.05) is 36.4 Å². The molecule has 0 saturated carbocycles. The molecule has 2 aromatic carbocycles. The number of nitrogens with one attached hydrogen (secondary N) is 1. The minimum Gasteiger partial charge on any atom is -0.497 e. The van der Waals surface area contributed by atoms with Crippen LogP contribution in [-0.2, 0) is 27.7 Å². The van der Waals surface area contributed by atoms with Gasteiger partial charge in [0.1, 0.15) is 9.96 Å². The van der Waals surface area contributed by atoms with Crippen molar-refractivity contribution in [3.05, 3.63) is 71.1 Å². The van der Waals surface area contributed by atoms with E-state index in [1.54, 1.807) is 30.7 Å². The van der Waals surface area contributed by atoms with Gasteiger partial charge < -0.3 is 10.1 Å². The summed E-state index contributed by atoms with van der Waals surface area (Å²) in [4.78, 5) is 12.5. The Balaban J connectivity index is 1.47. The number of hydrogen-bond donors (Lipinski definition) is 1. The van der Waals surface area contributed by atoms with Gasteiger partial charge in [-0.1, -0.05) is 24.3 Å². The average Bonchev–Trinajstić information content (AvgIpc) is 3.33. The fourth-order valence-electron chi connectivity index (χ4n) is 3.66. The van der Waals surface area contributed by atoms with Crippen molar-refractivity contribution >= 4 is 38.6 Å². The van der Waals surface area contributed by atoms with E-state index in [1.165, 1.54) is 15.6 Å². The Labute approximate surface area is 186 Å². The predicted octanol–water partition coefficient (Wildman–Crippen LogP) is 4.47. The molecule has 1 aliphatic rings. The largest absolute Gasteiger partial charge is 0.497 e. The fraction of sp³-hybridized carbons (Fsp3) is 0.261. The number of anilines is 2. The third kappa shape index (κ3) is 4.75. The first kappa shape index (κ1) is 21.4. The van der Waals surface area contributed by atoms with E-state index in [-0.39, 0.29) is 5.91 Å². The molecule has 1 N–H and O–H groups in total. The van der Waals surface area contributed by atoms with E-state index in [0.29, 0.717) is 35.0 Å². The van der Waals surface area contributed by atoms with Crippen molar-refractivity contribution < 1.29 is 17.9 Å². The number of fused-ring (bicyclic) bond motifs is 1. The van der Waals surface area contributed by atoms with Crippen LogP contribution in [0.1, 0.15) is 24.0 Å². The Hall–Kier alpha value is -2.84. The van der Waals surface area contributed by atoms with E-state index in [0.717, 1.165) is 29.7 Å².